The fourth-order valence-electron chi connectivity index (χ4n) is 1.69. The SMILES string of the molecule is CC(C)c1cnc2c(c1)CC([NH3+])C(=O)N2. The second-order valence-electron chi connectivity index (χ2n) is 4.32. The van der Waals surface area contributed by atoms with Crippen molar-refractivity contribution in [2.24, 2.45) is 0 Å². The molecule has 0 spiro atoms. The number of nitrogens with one attached hydrogen (secondary N) is 1. The number of aromatic nitrogens is 1. The molecule has 1 atom stereocenters. The number of nitrogens with zero attached hydrogens (tertiary/aromatic N) is 1. The highest BCUT2D eigenvalue weighted by Gasteiger charge is 2.26. The van der Waals surface area contributed by atoms with Gasteiger partial charge in [-0.25, -0.2) is 4.98 Å². The van der Waals surface area contributed by atoms with Crippen LogP contribution in [0.3, 0.4) is 0 Å². The van der Waals surface area contributed by atoms with Gasteiger partial charge >= 0.3 is 0 Å². The van der Waals surface area contributed by atoms with Gasteiger partial charge in [0.2, 0.25) is 0 Å². The molecule has 1 aliphatic rings. The normalized spacial score (nSPS) is 20.0. The van der Waals surface area contributed by atoms with Crippen LogP contribution in [0.1, 0.15) is 30.9 Å². The summed E-state index contributed by atoms with van der Waals surface area (Å²) in [7, 11) is 0. The average Bonchev–Trinajstić information content (AvgIpc) is 2.19. The molecule has 1 aliphatic heterocycles. The van der Waals surface area contributed by atoms with Gasteiger partial charge in [-0.2, -0.15) is 0 Å². The van der Waals surface area contributed by atoms with Gasteiger partial charge in [-0.15, -0.1) is 0 Å². The number of anilines is 1. The fraction of sp³-hybridized carbons (Fsp3) is 0.455. The number of carbonyl (C=O) groups excluding carboxylic acids is 1. The van der Waals surface area contributed by atoms with Gasteiger partial charge in [-0.1, -0.05) is 19.9 Å². The highest BCUT2D eigenvalue weighted by molar-refractivity contribution is 5.95. The van der Waals surface area contributed by atoms with Gasteiger partial charge in [0, 0.05) is 18.2 Å². The fourth-order valence-corrected chi connectivity index (χ4v) is 1.69. The minimum Gasteiger partial charge on any atom is -0.347 e. The second kappa shape index (κ2) is 3.62. The monoisotopic (exact) mass is 206 g/mol. The van der Waals surface area contributed by atoms with Crippen LogP contribution in [0.25, 0.3) is 0 Å². The predicted octanol–water partition coefficient (Wildman–Crippen LogP) is 0.310. The van der Waals surface area contributed by atoms with Crippen LogP contribution in [0.5, 0.6) is 0 Å². The zero-order chi connectivity index (χ0) is 11.0. The van der Waals surface area contributed by atoms with Gasteiger partial charge in [0.15, 0.2) is 6.04 Å². The maximum absolute atomic E-state index is 11.4. The van der Waals surface area contributed by atoms with Crippen molar-refractivity contribution in [3.05, 3.63) is 23.4 Å². The molecule has 4 N–H and O–H groups in total. The number of fused-ring (bicyclic) bond motifs is 1. The Morgan fingerprint density at radius 1 is 1.60 bits per heavy atom. The number of amides is 1. The minimum absolute atomic E-state index is 0.0349. The van der Waals surface area contributed by atoms with Crippen molar-refractivity contribution in [1.29, 1.82) is 0 Å². The lowest BCUT2D eigenvalue weighted by molar-refractivity contribution is -0.402. The van der Waals surface area contributed by atoms with E-state index in [4.69, 9.17) is 0 Å². The summed E-state index contributed by atoms with van der Waals surface area (Å²) < 4.78 is 0. The Morgan fingerprint density at radius 3 is 3.00 bits per heavy atom. The lowest BCUT2D eigenvalue weighted by atomic mass is 9.97. The van der Waals surface area contributed by atoms with Gasteiger partial charge in [0.25, 0.3) is 5.91 Å². The molecule has 0 bridgehead atoms. The van der Waals surface area contributed by atoms with Crippen molar-refractivity contribution < 1.29 is 10.5 Å². The summed E-state index contributed by atoms with van der Waals surface area (Å²) in [4.78, 5) is 15.6. The van der Waals surface area contributed by atoms with E-state index in [0.29, 0.717) is 18.2 Å². The van der Waals surface area contributed by atoms with Crippen LogP contribution in [-0.4, -0.2) is 16.9 Å². The van der Waals surface area contributed by atoms with E-state index in [0.717, 1.165) is 5.56 Å². The third kappa shape index (κ3) is 1.85. The summed E-state index contributed by atoms with van der Waals surface area (Å²) in [6.07, 6.45) is 2.52. The summed E-state index contributed by atoms with van der Waals surface area (Å²) in [5.74, 6) is 1.13. The first kappa shape index (κ1) is 10.1. The lowest BCUT2D eigenvalue weighted by Gasteiger charge is -2.19. The average molecular weight is 206 g/mol. The molecule has 4 nitrogen and oxygen atoms in total. The largest absolute Gasteiger partial charge is 0.347 e. The second-order valence-corrected chi connectivity index (χ2v) is 4.32. The maximum atomic E-state index is 11.4. The van der Waals surface area contributed by atoms with Crippen LogP contribution >= 0.6 is 0 Å². The van der Waals surface area contributed by atoms with Crippen LogP contribution in [0, 0.1) is 0 Å². The summed E-state index contributed by atoms with van der Waals surface area (Å²) >= 11 is 0. The van der Waals surface area contributed by atoms with E-state index in [2.05, 4.69) is 35.9 Å². The summed E-state index contributed by atoms with van der Waals surface area (Å²) in [5, 5.41) is 2.76. The van der Waals surface area contributed by atoms with Gasteiger partial charge in [0.05, 0.1) is 0 Å². The molecule has 15 heavy (non-hydrogen) atoms. The molecular weight excluding hydrogens is 190 g/mol. The predicted molar refractivity (Wildman–Crippen MR) is 57.3 cm³/mol. The van der Waals surface area contributed by atoms with Crippen molar-refractivity contribution in [2.45, 2.75) is 32.2 Å². The standard InChI is InChI=1S/C11H15N3O/c1-6(2)8-3-7-4-9(12)11(15)14-10(7)13-5-8/h3,5-6,9H,4,12H2,1-2H3,(H,13,14,15)/p+1. The van der Waals surface area contributed by atoms with Crippen molar-refractivity contribution in [3.63, 3.8) is 0 Å². The van der Waals surface area contributed by atoms with Crippen LogP contribution in [0.2, 0.25) is 0 Å². The van der Waals surface area contributed by atoms with Crippen molar-refractivity contribution in [2.75, 3.05) is 5.32 Å². The molecule has 1 aromatic rings. The van der Waals surface area contributed by atoms with E-state index in [1.54, 1.807) is 0 Å². The Labute approximate surface area is 88.9 Å². The first-order valence-corrected chi connectivity index (χ1v) is 5.20. The van der Waals surface area contributed by atoms with Crippen molar-refractivity contribution >= 4 is 11.7 Å². The molecule has 0 radical (unpaired) electrons. The van der Waals surface area contributed by atoms with Crippen molar-refractivity contribution in [3.8, 4) is 0 Å². The molecule has 2 heterocycles. The summed E-state index contributed by atoms with van der Waals surface area (Å²) in [6, 6.07) is 1.92. The number of rotatable bonds is 1. The van der Waals surface area contributed by atoms with Gasteiger partial charge in [-0.3, -0.25) is 4.79 Å². The van der Waals surface area contributed by atoms with Crippen LogP contribution in [0.15, 0.2) is 12.3 Å². The molecule has 0 aromatic carbocycles. The van der Waals surface area contributed by atoms with E-state index in [1.165, 1.54) is 5.56 Å². The first-order valence-electron chi connectivity index (χ1n) is 5.20. The first-order chi connectivity index (χ1) is 7.08. The summed E-state index contributed by atoms with van der Waals surface area (Å²) in [5.41, 5.74) is 6.12. The van der Waals surface area contributed by atoms with E-state index >= 15 is 0 Å². The zero-order valence-electron chi connectivity index (χ0n) is 9.08. The maximum Gasteiger partial charge on any atom is 0.284 e. The van der Waals surface area contributed by atoms with E-state index in [9.17, 15) is 4.79 Å². The number of pyridine rings is 1. The molecule has 0 fully saturated rings. The van der Waals surface area contributed by atoms with Crippen LogP contribution in [-0.2, 0) is 11.2 Å². The van der Waals surface area contributed by atoms with E-state index in [1.807, 2.05) is 6.20 Å². The minimum atomic E-state index is -0.193. The number of quaternary nitrogens is 1. The molecule has 0 saturated heterocycles. The Kier molecular flexibility index (Phi) is 2.44. The van der Waals surface area contributed by atoms with Gasteiger partial charge < -0.3 is 11.1 Å². The third-order valence-corrected chi connectivity index (χ3v) is 2.73. The van der Waals surface area contributed by atoms with Gasteiger partial charge in [-0.05, 0) is 11.5 Å². The molecule has 0 saturated carbocycles. The highest BCUT2D eigenvalue weighted by Crippen LogP contribution is 2.23. The number of hydrogen-bond donors (Lipinski definition) is 2. The smallest absolute Gasteiger partial charge is 0.284 e. The van der Waals surface area contributed by atoms with Crippen molar-refractivity contribution in [1.82, 2.24) is 4.98 Å². The zero-order valence-corrected chi connectivity index (χ0v) is 9.08. The third-order valence-electron chi connectivity index (χ3n) is 2.73. The van der Waals surface area contributed by atoms with Crippen LogP contribution in [0.4, 0.5) is 5.82 Å². The molecule has 0 aliphatic carbocycles. The Bertz CT molecular complexity index is 401. The molecule has 4 heteroatoms. The molecular formula is C11H16N3O+. The molecule has 80 valence electrons. The Morgan fingerprint density at radius 2 is 2.33 bits per heavy atom. The Balaban J connectivity index is 2.37. The molecule has 1 unspecified atom stereocenters. The molecule has 1 amide bonds. The highest BCUT2D eigenvalue weighted by atomic mass is 16.2. The Hall–Kier alpha value is -1.42. The summed E-state index contributed by atoms with van der Waals surface area (Å²) in [6.45, 7) is 4.26. The molecule has 1 aromatic heterocycles. The molecule has 2 rings (SSSR count). The van der Waals surface area contributed by atoms with Crippen LogP contribution < -0.4 is 11.1 Å². The number of carbonyl (C=O) groups is 1. The lowest BCUT2D eigenvalue weighted by Crippen LogP contribution is -2.68. The van der Waals surface area contributed by atoms with E-state index in [-0.39, 0.29) is 11.9 Å². The quantitative estimate of drug-likeness (QED) is 0.694. The topological polar surface area (TPSA) is 69.6 Å². The van der Waals surface area contributed by atoms with E-state index < -0.39 is 0 Å². The number of hydrogen-bond acceptors (Lipinski definition) is 2. The van der Waals surface area contributed by atoms with Gasteiger partial charge in [0.1, 0.15) is 5.82 Å².